The van der Waals surface area contributed by atoms with E-state index in [1.54, 1.807) is 11.3 Å². The molecule has 0 aliphatic rings. The van der Waals surface area contributed by atoms with Gasteiger partial charge in [-0.25, -0.2) is 4.98 Å². The highest BCUT2D eigenvalue weighted by Gasteiger charge is 2.13. The molecule has 6 heteroatoms. The van der Waals surface area contributed by atoms with Crippen LogP contribution >= 0.6 is 11.3 Å². The summed E-state index contributed by atoms with van der Waals surface area (Å²) in [4.78, 5) is 21.6. The standard InChI is InChI=1S/C16H18N4OS/c1-3-20(2)8-14-19-13(9-22-14)11-6-10-4-5-18-15(10)12(7-11)16(17)21/h4-7,9,18H,3,8H2,1-2H3,(H2,17,21). The molecule has 3 aromatic rings. The molecule has 3 rings (SSSR count). The number of nitrogens with zero attached hydrogens (tertiary/aromatic N) is 2. The van der Waals surface area contributed by atoms with Crippen LogP contribution in [0.1, 0.15) is 22.3 Å². The highest BCUT2D eigenvalue weighted by Crippen LogP contribution is 2.28. The SMILES string of the molecule is CCN(C)Cc1nc(-c2cc(C(N)=O)c3[nH]ccc3c2)cs1. The van der Waals surface area contributed by atoms with Crippen LogP contribution in [0.2, 0.25) is 0 Å². The van der Waals surface area contributed by atoms with Gasteiger partial charge in [0.2, 0.25) is 0 Å². The zero-order chi connectivity index (χ0) is 15.7. The predicted molar refractivity (Wildman–Crippen MR) is 89.9 cm³/mol. The molecular formula is C16H18N4OS. The fraction of sp³-hybridized carbons (Fsp3) is 0.250. The molecule has 0 radical (unpaired) electrons. The van der Waals surface area contributed by atoms with Gasteiger partial charge in [0.1, 0.15) is 5.01 Å². The minimum atomic E-state index is -0.435. The maximum atomic E-state index is 11.7. The number of rotatable bonds is 5. The highest BCUT2D eigenvalue weighted by atomic mass is 32.1. The first-order valence-corrected chi connectivity index (χ1v) is 8.00. The van der Waals surface area contributed by atoms with Crippen molar-refractivity contribution in [2.75, 3.05) is 13.6 Å². The lowest BCUT2D eigenvalue weighted by Crippen LogP contribution is -2.16. The van der Waals surface area contributed by atoms with Crippen LogP contribution in [0.3, 0.4) is 0 Å². The molecular weight excluding hydrogens is 296 g/mol. The van der Waals surface area contributed by atoms with Crippen LogP contribution in [0.5, 0.6) is 0 Å². The van der Waals surface area contributed by atoms with Gasteiger partial charge in [0, 0.05) is 22.5 Å². The van der Waals surface area contributed by atoms with Crippen LogP contribution in [0.4, 0.5) is 0 Å². The van der Waals surface area contributed by atoms with Gasteiger partial charge in [-0.3, -0.25) is 9.69 Å². The number of amides is 1. The summed E-state index contributed by atoms with van der Waals surface area (Å²) in [5, 5.41) is 4.05. The van der Waals surface area contributed by atoms with E-state index >= 15 is 0 Å². The zero-order valence-electron chi connectivity index (χ0n) is 12.6. The number of hydrogen-bond acceptors (Lipinski definition) is 4. The Kier molecular flexibility index (Phi) is 3.96. The second-order valence-corrected chi connectivity index (χ2v) is 6.23. The Labute approximate surface area is 132 Å². The number of aromatic amines is 1. The molecule has 0 atom stereocenters. The number of carbonyl (C=O) groups is 1. The van der Waals surface area contributed by atoms with Crippen molar-refractivity contribution in [1.29, 1.82) is 0 Å². The first kappa shape index (κ1) is 14.7. The van der Waals surface area contributed by atoms with Crippen LogP contribution in [0.25, 0.3) is 22.2 Å². The van der Waals surface area contributed by atoms with Gasteiger partial charge in [-0.2, -0.15) is 0 Å². The van der Waals surface area contributed by atoms with Gasteiger partial charge in [0.25, 0.3) is 5.91 Å². The molecule has 1 aromatic carbocycles. The number of H-pyrrole nitrogens is 1. The average molecular weight is 314 g/mol. The quantitative estimate of drug-likeness (QED) is 0.760. The van der Waals surface area contributed by atoms with E-state index in [2.05, 4.69) is 28.8 Å². The molecule has 114 valence electrons. The summed E-state index contributed by atoms with van der Waals surface area (Å²) >= 11 is 1.63. The second-order valence-electron chi connectivity index (χ2n) is 5.29. The summed E-state index contributed by atoms with van der Waals surface area (Å²) in [6.07, 6.45) is 1.81. The molecule has 0 aliphatic heterocycles. The highest BCUT2D eigenvalue weighted by molar-refractivity contribution is 7.09. The Balaban J connectivity index is 2.01. The summed E-state index contributed by atoms with van der Waals surface area (Å²) in [5.41, 5.74) is 8.57. The number of nitrogens with one attached hydrogen (secondary N) is 1. The third kappa shape index (κ3) is 2.75. The zero-order valence-corrected chi connectivity index (χ0v) is 13.4. The van der Waals surface area contributed by atoms with Gasteiger partial charge in [-0.05, 0) is 31.8 Å². The lowest BCUT2D eigenvalue weighted by molar-refractivity contribution is 0.100. The van der Waals surface area contributed by atoms with Crippen molar-refractivity contribution in [1.82, 2.24) is 14.9 Å². The summed E-state index contributed by atoms with van der Waals surface area (Å²) in [7, 11) is 2.07. The monoisotopic (exact) mass is 314 g/mol. The molecule has 0 fully saturated rings. The number of benzene rings is 1. The van der Waals surface area contributed by atoms with Gasteiger partial charge in [-0.15, -0.1) is 11.3 Å². The topological polar surface area (TPSA) is 75.0 Å². The van der Waals surface area contributed by atoms with E-state index in [0.29, 0.717) is 5.56 Å². The first-order valence-electron chi connectivity index (χ1n) is 7.12. The smallest absolute Gasteiger partial charge is 0.250 e. The average Bonchev–Trinajstić information content (AvgIpc) is 3.14. The first-order chi connectivity index (χ1) is 10.6. The maximum Gasteiger partial charge on any atom is 0.250 e. The number of fused-ring (bicyclic) bond motifs is 1. The number of aromatic nitrogens is 2. The molecule has 5 nitrogen and oxygen atoms in total. The van der Waals surface area contributed by atoms with Gasteiger partial charge in [0.05, 0.1) is 23.3 Å². The summed E-state index contributed by atoms with van der Waals surface area (Å²) in [6, 6.07) is 5.77. The summed E-state index contributed by atoms with van der Waals surface area (Å²) in [5.74, 6) is -0.435. The molecule has 0 saturated carbocycles. The summed E-state index contributed by atoms with van der Waals surface area (Å²) in [6.45, 7) is 3.93. The molecule has 2 aromatic heterocycles. The fourth-order valence-electron chi connectivity index (χ4n) is 2.37. The van der Waals surface area contributed by atoms with Crippen molar-refractivity contribution in [2.45, 2.75) is 13.5 Å². The second kappa shape index (κ2) is 5.90. The number of thiazole rings is 1. The third-order valence-corrected chi connectivity index (χ3v) is 4.55. The summed E-state index contributed by atoms with van der Waals surface area (Å²) < 4.78 is 0. The Bertz CT molecular complexity index is 821. The van der Waals surface area contributed by atoms with Crippen LogP contribution < -0.4 is 5.73 Å². The largest absolute Gasteiger partial charge is 0.366 e. The predicted octanol–water partition coefficient (Wildman–Crippen LogP) is 2.84. The number of hydrogen-bond donors (Lipinski definition) is 2. The molecule has 0 spiro atoms. The van der Waals surface area contributed by atoms with Crippen LogP contribution in [0.15, 0.2) is 29.8 Å². The van der Waals surface area contributed by atoms with Gasteiger partial charge in [0.15, 0.2) is 0 Å². The lowest BCUT2D eigenvalue weighted by Gasteiger charge is -2.10. The van der Waals surface area contributed by atoms with E-state index < -0.39 is 5.91 Å². The van der Waals surface area contributed by atoms with Crippen molar-refractivity contribution in [2.24, 2.45) is 5.73 Å². The number of primary amides is 1. The van der Waals surface area contributed by atoms with E-state index in [4.69, 9.17) is 5.73 Å². The fourth-order valence-corrected chi connectivity index (χ4v) is 3.26. The van der Waals surface area contributed by atoms with E-state index in [0.717, 1.165) is 40.3 Å². The van der Waals surface area contributed by atoms with Crippen molar-refractivity contribution >= 4 is 28.1 Å². The Hall–Kier alpha value is -2.18. The van der Waals surface area contributed by atoms with E-state index in [-0.39, 0.29) is 0 Å². The Morgan fingerprint density at radius 2 is 2.27 bits per heavy atom. The minimum Gasteiger partial charge on any atom is -0.366 e. The van der Waals surface area contributed by atoms with E-state index in [9.17, 15) is 4.79 Å². The number of nitrogens with two attached hydrogens (primary N) is 1. The Morgan fingerprint density at radius 3 is 3.00 bits per heavy atom. The third-order valence-electron chi connectivity index (χ3n) is 3.72. The normalized spacial score (nSPS) is 11.4. The van der Waals surface area contributed by atoms with Crippen LogP contribution in [0, 0.1) is 0 Å². The van der Waals surface area contributed by atoms with E-state index in [1.807, 2.05) is 29.8 Å². The lowest BCUT2D eigenvalue weighted by atomic mass is 10.0. The minimum absolute atomic E-state index is 0.435. The van der Waals surface area contributed by atoms with E-state index in [1.165, 1.54) is 0 Å². The van der Waals surface area contributed by atoms with Gasteiger partial charge >= 0.3 is 0 Å². The molecule has 0 saturated heterocycles. The molecule has 3 N–H and O–H groups in total. The molecule has 2 heterocycles. The van der Waals surface area contributed by atoms with Crippen LogP contribution in [-0.2, 0) is 6.54 Å². The molecule has 22 heavy (non-hydrogen) atoms. The molecule has 0 bridgehead atoms. The van der Waals surface area contributed by atoms with Gasteiger partial charge < -0.3 is 10.7 Å². The van der Waals surface area contributed by atoms with Gasteiger partial charge in [-0.1, -0.05) is 6.92 Å². The maximum absolute atomic E-state index is 11.7. The van der Waals surface area contributed by atoms with Crippen molar-refractivity contribution in [3.63, 3.8) is 0 Å². The van der Waals surface area contributed by atoms with Crippen LogP contribution in [-0.4, -0.2) is 34.4 Å². The molecule has 0 unspecified atom stereocenters. The number of carbonyl (C=O) groups excluding carboxylic acids is 1. The van der Waals surface area contributed by atoms with Crippen molar-refractivity contribution < 1.29 is 4.79 Å². The Morgan fingerprint density at radius 1 is 1.45 bits per heavy atom. The van der Waals surface area contributed by atoms with Crippen molar-refractivity contribution in [3.8, 4) is 11.3 Å². The molecule has 0 aliphatic carbocycles. The molecule has 1 amide bonds. The van der Waals surface area contributed by atoms with Crippen molar-refractivity contribution in [3.05, 3.63) is 40.3 Å².